The van der Waals surface area contributed by atoms with Crippen molar-refractivity contribution in [3.05, 3.63) is 0 Å². The van der Waals surface area contributed by atoms with Crippen molar-refractivity contribution in [2.75, 3.05) is 54.4 Å². The van der Waals surface area contributed by atoms with Crippen LogP contribution in [-0.4, -0.2) is 124 Å². The highest BCUT2D eigenvalue weighted by Gasteiger charge is 2.44. The Hall–Kier alpha value is -1.10. The number of likely N-dealkylation sites (tertiary alicyclic amines) is 1. The zero-order valence-corrected chi connectivity index (χ0v) is 27.4. The molecule has 0 aromatic carbocycles. The second-order valence-corrected chi connectivity index (χ2v) is 13.6. The van der Waals surface area contributed by atoms with Gasteiger partial charge in [0.05, 0.1) is 18.3 Å². The van der Waals surface area contributed by atoms with Gasteiger partial charge in [-0.05, 0) is 119 Å². The Morgan fingerprint density at radius 3 is 2.32 bits per heavy atom. The third-order valence-electron chi connectivity index (χ3n) is 9.76. The maximum Gasteiger partial charge on any atom is 0.319 e. The fourth-order valence-electron chi connectivity index (χ4n) is 7.06. The lowest BCUT2D eigenvalue weighted by molar-refractivity contribution is -0.238. The van der Waals surface area contributed by atoms with Gasteiger partial charge in [-0.25, -0.2) is 0 Å². The van der Waals surface area contributed by atoms with Crippen molar-refractivity contribution in [1.29, 1.82) is 0 Å². The quantitative estimate of drug-likeness (QED) is 0.328. The molecule has 0 bridgehead atoms. The van der Waals surface area contributed by atoms with E-state index >= 15 is 0 Å². The van der Waals surface area contributed by atoms with E-state index in [9.17, 15) is 9.59 Å². The van der Waals surface area contributed by atoms with Crippen LogP contribution in [0.15, 0.2) is 0 Å². The van der Waals surface area contributed by atoms with Gasteiger partial charge >= 0.3 is 5.97 Å². The number of ether oxygens (including phenoxy) is 4. The highest BCUT2D eigenvalue weighted by molar-refractivity contribution is 6.03. The van der Waals surface area contributed by atoms with E-state index in [1.807, 2.05) is 6.92 Å². The second-order valence-electron chi connectivity index (χ2n) is 13.6. The average molecular weight is 582 g/mol. The third-order valence-corrected chi connectivity index (χ3v) is 9.76. The number of methoxy groups -OCH3 is 1. The van der Waals surface area contributed by atoms with Crippen LogP contribution in [0.3, 0.4) is 0 Å². The fraction of sp³-hybridized carbons (Fsp3) is 0.938. The molecule has 0 aromatic heterocycles. The first kappa shape index (κ1) is 34.4. The molecule has 9 nitrogen and oxygen atoms in total. The van der Waals surface area contributed by atoms with E-state index in [0.29, 0.717) is 12.0 Å². The third kappa shape index (κ3) is 9.19. The monoisotopic (exact) mass is 581 g/mol. The van der Waals surface area contributed by atoms with Gasteiger partial charge in [-0.2, -0.15) is 0 Å². The molecule has 3 aliphatic heterocycles. The molecule has 3 saturated heterocycles. The number of likely N-dealkylation sites (N-methyl/N-ethyl adjacent to an activating group) is 1. The van der Waals surface area contributed by atoms with Crippen LogP contribution in [0.5, 0.6) is 0 Å². The topological polar surface area (TPSA) is 80.8 Å². The molecule has 3 aliphatic rings. The van der Waals surface area contributed by atoms with Crippen molar-refractivity contribution in [3.8, 4) is 0 Å². The number of hydrogen-bond donors (Lipinski definition) is 0. The molecule has 238 valence electrons. The van der Waals surface area contributed by atoms with Gasteiger partial charge in [0.2, 0.25) is 0 Å². The summed E-state index contributed by atoms with van der Waals surface area (Å²) < 4.78 is 24.8. The number of cyclic esters (lactones) is 1. The predicted molar refractivity (Wildman–Crippen MR) is 161 cm³/mol. The Morgan fingerprint density at radius 1 is 1.02 bits per heavy atom. The van der Waals surface area contributed by atoms with Crippen molar-refractivity contribution in [2.24, 2.45) is 11.3 Å². The van der Waals surface area contributed by atoms with Crippen LogP contribution < -0.4 is 0 Å². The lowest BCUT2D eigenvalue weighted by atomic mass is 9.83. The van der Waals surface area contributed by atoms with Crippen LogP contribution in [0.1, 0.15) is 86.0 Å². The van der Waals surface area contributed by atoms with E-state index in [-0.39, 0.29) is 36.6 Å². The summed E-state index contributed by atoms with van der Waals surface area (Å²) in [7, 11) is 7.99. The molecule has 7 atom stereocenters. The van der Waals surface area contributed by atoms with Gasteiger partial charge in [0.15, 0.2) is 12.1 Å². The second kappa shape index (κ2) is 15.6. The number of esters is 1. The van der Waals surface area contributed by atoms with Crippen LogP contribution in [0.2, 0.25) is 0 Å². The van der Waals surface area contributed by atoms with E-state index in [0.717, 1.165) is 64.7 Å². The normalized spacial score (nSPS) is 35.9. The molecule has 41 heavy (non-hydrogen) atoms. The minimum atomic E-state index is -1.29. The Balaban J connectivity index is 1.81. The lowest BCUT2D eigenvalue weighted by Gasteiger charge is -2.42. The molecule has 0 saturated carbocycles. The summed E-state index contributed by atoms with van der Waals surface area (Å²) in [6.07, 6.45) is 5.23. The van der Waals surface area contributed by atoms with Crippen molar-refractivity contribution in [3.63, 3.8) is 0 Å². The first-order chi connectivity index (χ1) is 19.4. The zero-order chi connectivity index (χ0) is 30.3. The molecule has 0 aliphatic carbocycles. The van der Waals surface area contributed by atoms with Gasteiger partial charge in [-0.1, -0.05) is 6.92 Å². The summed E-state index contributed by atoms with van der Waals surface area (Å²) in [6, 6.07) is 0.435. The summed E-state index contributed by atoms with van der Waals surface area (Å²) in [6.45, 7) is 13.8. The number of carbonyl (C=O) groups excluding carboxylic acids is 2. The first-order valence-corrected chi connectivity index (χ1v) is 16.0. The summed E-state index contributed by atoms with van der Waals surface area (Å²) in [5.74, 6) is -0.213. The molecule has 0 spiro atoms. The van der Waals surface area contributed by atoms with Gasteiger partial charge in [-0.3, -0.25) is 14.5 Å². The standard InChI is InChI=1S/C32H59N3O6/c1-10-15-35-17-13-24(14-18-35)30-23(3)40-31(37)32(4,5)28(36)21-27(26(38-9)12-11-16-34(30)8)41-29-20-25(33(6)7)19-22(2)39-29/h22-27,29-30H,10-21H2,1-9H3/t22?,23-,25-,26-,27-,29?,30-/m1/s1. The zero-order valence-electron chi connectivity index (χ0n) is 27.4. The summed E-state index contributed by atoms with van der Waals surface area (Å²) >= 11 is 0. The van der Waals surface area contributed by atoms with Gasteiger partial charge < -0.3 is 28.7 Å². The van der Waals surface area contributed by atoms with E-state index in [1.54, 1.807) is 21.0 Å². The molecule has 3 rings (SSSR count). The first-order valence-electron chi connectivity index (χ1n) is 16.0. The predicted octanol–water partition coefficient (Wildman–Crippen LogP) is 3.98. The molecule has 2 unspecified atom stereocenters. The smallest absolute Gasteiger partial charge is 0.319 e. The van der Waals surface area contributed by atoms with Crippen molar-refractivity contribution < 1.29 is 28.5 Å². The average Bonchev–Trinajstić information content (AvgIpc) is 2.91. The van der Waals surface area contributed by atoms with Crippen LogP contribution >= 0.6 is 0 Å². The summed E-state index contributed by atoms with van der Waals surface area (Å²) in [5, 5.41) is 0. The van der Waals surface area contributed by atoms with Crippen molar-refractivity contribution >= 4 is 11.8 Å². The Labute approximate surface area is 249 Å². The molecule has 3 heterocycles. The van der Waals surface area contributed by atoms with Crippen LogP contribution in [0.4, 0.5) is 0 Å². The fourth-order valence-corrected chi connectivity index (χ4v) is 7.06. The van der Waals surface area contributed by atoms with Gasteiger partial charge in [-0.15, -0.1) is 0 Å². The highest BCUT2D eigenvalue weighted by Crippen LogP contribution is 2.33. The SMILES string of the molecule is CCCN1CCC([C@H]2[C@@H](C)OC(=O)C(C)(C)C(=O)C[C@@H](OC3C[C@H](N(C)C)CC(C)O3)[C@H](OC)CCCN2C)CC1. The molecular weight excluding hydrogens is 522 g/mol. The Bertz CT molecular complexity index is 830. The van der Waals surface area contributed by atoms with Crippen molar-refractivity contribution in [1.82, 2.24) is 14.7 Å². The molecule has 0 aromatic rings. The van der Waals surface area contributed by atoms with Crippen LogP contribution in [0.25, 0.3) is 0 Å². The maximum atomic E-state index is 13.7. The number of hydrogen-bond acceptors (Lipinski definition) is 9. The van der Waals surface area contributed by atoms with E-state index < -0.39 is 23.8 Å². The number of piperidine rings is 1. The van der Waals surface area contributed by atoms with Crippen LogP contribution in [-0.2, 0) is 28.5 Å². The number of rotatable bonds is 7. The van der Waals surface area contributed by atoms with E-state index in [1.165, 1.54) is 6.42 Å². The van der Waals surface area contributed by atoms with Gasteiger partial charge in [0, 0.05) is 32.0 Å². The molecular formula is C32H59N3O6. The molecule has 0 N–H and O–H groups in total. The minimum absolute atomic E-state index is 0.0555. The number of carbonyl (C=O) groups is 2. The Morgan fingerprint density at radius 2 is 1.71 bits per heavy atom. The van der Waals surface area contributed by atoms with Gasteiger partial charge in [0.25, 0.3) is 0 Å². The number of ketones is 1. The van der Waals surface area contributed by atoms with E-state index in [2.05, 4.69) is 49.7 Å². The Kier molecular flexibility index (Phi) is 13.1. The highest BCUT2D eigenvalue weighted by atomic mass is 16.7. The van der Waals surface area contributed by atoms with Crippen molar-refractivity contribution in [2.45, 2.75) is 129 Å². The molecule has 0 radical (unpaired) electrons. The summed E-state index contributed by atoms with van der Waals surface area (Å²) in [5.41, 5.74) is -1.29. The molecule has 0 amide bonds. The maximum absolute atomic E-state index is 13.7. The molecule has 3 fully saturated rings. The number of Topliss-reactive ketones (excluding diaryl/α,β-unsaturated/α-hetero) is 1. The van der Waals surface area contributed by atoms with Crippen LogP contribution in [0, 0.1) is 11.3 Å². The lowest BCUT2D eigenvalue weighted by Crippen LogP contribution is -2.51. The minimum Gasteiger partial charge on any atom is -0.460 e. The number of nitrogens with zero attached hydrogens (tertiary/aromatic N) is 3. The largest absolute Gasteiger partial charge is 0.460 e. The van der Waals surface area contributed by atoms with E-state index in [4.69, 9.17) is 18.9 Å². The summed E-state index contributed by atoms with van der Waals surface area (Å²) in [4.78, 5) is 34.4. The molecule has 9 heteroatoms. The van der Waals surface area contributed by atoms with Gasteiger partial charge in [0.1, 0.15) is 11.5 Å².